The minimum Gasteiger partial charge on any atom is -0.475 e. The van der Waals surface area contributed by atoms with Crippen LogP contribution in [0.2, 0.25) is 0 Å². The Balaban J connectivity index is 1.94. The zero-order valence-electron chi connectivity index (χ0n) is 11.1. The fourth-order valence-corrected chi connectivity index (χ4v) is 3.15. The number of ether oxygens (including phenoxy) is 1. The molecule has 0 bridgehead atoms. The van der Waals surface area contributed by atoms with E-state index in [1.807, 2.05) is 20.9 Å². The van der Waals surface area contributed by atoms with Crippen molar-refractivity contribution in [3.05, 3.63) is 12.3 Å². The summed E-state index contributed by atoms with van der Waals surface area (Å²) in [5.74, 6) is 2.14. The van der Waals surface area contributed by atoms with Crippen LogP contribution in [0.4, 0.5) is 5.95 Å². The molecule has 1 aromatic rings. The third-order valence-corrected chi connectivity index (χ3v) is 3.77. The van der Waals surface area contributed by atoms with Gasteiger partial charge in [-0.1, -0.05) is 15.9 Å². The first-order valence-electron chi connectivity index (χ1n) is 6.39. The Morgan fingerprint density at radius 2 is 2.22 bits per heavy atom. The molecule has 0 aliphatic heterocycles. The largest absolute Gasteiger partial charge is 0.475 e. The maximum atomic E-state index is 5.58. The van der Waals surface area contributed by atoms with Gasteiger partial charge in [0.25, 0.3) is 0 Å². The van der Waals surface area contributed by atoms with Crippen molar-refractivity contribution in [2.45, 2.75) is 37.6 Å². The molecule has 5 heteroatoms. The van der Waals surface area contributed by atoms with E-state index in [-0.39, 0.29) is 6.10 Å². The highest BCUT2D eigenvalue weighted by molar-refractivity contribution is 9.09. The molecule has 2 rings (SSSR count). The average molecular weight is 314 g/mol. The second-order valence-electron chi connectivity index (χ2n) is 5.18. The molecule has 0 atom stereocenters. The fraction of sp³-hybridized carbons (Fsp3) is 0.692. The second kappa shape index (κ2) is 5.87. The lowest BCUT2D eigenvalue weighted by Crippen LogP contribution is -2.35. The third kappa shape index (κ3) is 3.57. The molecule has 1 heterocycles. The van der Waals surface area contributed by atoms with Crippen molar-refractivity contribution >= 4 is 21.9 Å². The summed E-state index contributed by atoms with van der Waals surface area (Å²) in [7, 11) is 2.04. The Kier molecular flexibility index (Phi) is 4.43. The number of nitrogens with zero attached hydrogens (tertiary/aromatic N) is 3. The smallest absolute Gasteiger partial charge is 0.228 e. The summed E-state index contributed by atoms with van der Waals surface area (Å²) in [5.41, 5.74) is 0. The first-order chi connectivity index (χ1) is 8.54. The molecule has 4 nitrogen and oxygen atoms in total. The molecule has 1 aliphatic rings. The van der Waals surface area contributed by atoms with E-state index in [1.54, 1.807) is 12.3 Å². The summed E-state index contributed by atoms with van der Waals surface area (Å²) in [4.78, 5) is 11.5. The predicted molar refractivity (Wildman–Crippen MR) is 76.5 cm³/mol. The minimum absolute atomic E-state index is 0.138. The van der Waals surface area contributed by atoms with E-state index in [4.69, 9.17) is 4.74 Å². The molecule has 18 heavy (non-hydrogen) atoms. The van der Waals surface area contributed by atoms with E-state index >= 15 is 0 Å². The molecule has 0 aromatic carbocycles. The van der Waals surface area contributed by atoms with Gasteiger partial charge in [0, 0.05) is 30.7 Å². The quantitative estimate of drug-likeness (QED) is 0.783. The molecule has 0 spiro atoms. The van der Waals surface area contributed by atoms with Crippen LogP contribution in [0, 0.1) is 5.92 Å². The highest BCUT2D eigenvalue weighted by Crippen LogP contribution is 2.34. The molecular weight excluding hydrogens is 294 g/mol. The zero-order chi connectivity index (χ0) is 13.1. The van der Waals surface area contributed by atoms with Gasteiger partial charge in [0.05, 0.1) is 6.10 Å². The molecule has 0 N–H and O–H groups in total. The lowest BCUT2D eigenvalue weighted by molar-refractivity contribution is 0.232. The van der Waals surface area contributed by atoms with Gasteiger partial charge in [-0.2, -0.15) is 4.98 Å². The maximum Gasteiger partial charge on any atom is 0.228 e. The van der Waals surface area contributed by atoms with Crippen LogP contribution in [0.1, 0.15) is 26.7 Å². The van der Waals surface area contributed by atoms with Crippen molar-refractivity contribution in [3.8, 4) is 5.88 Å². The number of hydrogen-bond acceptors (Lipinski definition) is 4. The Labute approximate surface area is 117 Å². The highest BCUT2D eigenvalue weighted by Gasteiger charge is 2.28. The second-order valence-corrected chi connectivity index (χ2v) is 6.47. The summed E-state index contributed by atoms with van der Waals surface area (Å²) in [5, 5.41) is 0. The van der Waals surface area contributed by atoms with Gasteiger partial charge in [-0.3, -0.25) is 0 Å². The van der Waals surface area contributed by atoms with Gasteiger partial charge < -0.3 is 9.64 Å². The molecule has 1 aromatic heterocycles. The van der Waals surface area contributed by atoms with Gasteiger partial charge in [0.15, 0.2) is 0 Å². The molecular formula is C13H20BrN3O. The standard InChI is InChI=1S/C13H20BrN3O/c1-9(2)18-12-4-5-15-13(16-12)17(3)8-10-6-11(14)7-10/h4-5,9-11H,6-8H2,1-3H3. The van der Waals surface area contributed by atoms with Crippen molar-refractivity contribution < 1.29 is 4.74 Å². The molecule has 1 fully saturated rings. The van der Waals surface area contributed by atoms with Gasteiger partial charge in [-0.25, -0.2) is 4.98 Å². The van der Waals surface area contributed by atoms with E-state index < -0.39 is 0 Å². The normalized spacial score (nSPS) is 22.7. The van der Waals surface area contributed by atoms with Crippen molar-refractivity contribution in [1.82, 2.24) is 9.97 Å². The molecule has 0 unspecified atom stereocenters. The van der Waals surface area contributed by atoms with Crippen molar-refractivity contribution in [2.24, 2.45) is 5.92 Å². The van der Waals surface area contributed by atoms with Crippen molar-refractivity contribution in [2.75, 3.05) is 18.5 Å². The Morgan fingerprint density at radius 3 is 2.83 bits per heavy atom. The maximum absolute atomic E-state index is 5.58. The molecule has 1 aliphatic carbocycles. The summed E-state index contributed by atoms with van der Waals surface area (Å²) in [6.45, 7) is 5.00. The summed E-state index contributed by atoms with van der Waals surface area (Å²) >= 11 is 3.62. The van der Waals surface area contributed by atoms with E-state index in [0.717, 1.165) is 18.4 Å². The number of halogens is 1. The monoisotopic (exact) mass is 313 g/mol. The van der Waals surface area contributed by atoms with Crippen LogP contribution < -0.4 is 9.64 Å². The Morgan fingerprint density at radius 1 is 1.50 bits per heavy atom. The van der Waals surface area contributed by atoms with Gasteiger partial charge in [-0.15, -0.1) is 0 Å². The van der Waals surface area contributed by atoms with Crippen LogP contribution >= 0.6 is 15.9 Å². The van der Waals surface area contributed by atoms with E-state index in [9.17, 15) is 0 Å². The lowest BCUT2D eigenvalue weighted by Gasteiger charge is -2.34. The number of aromatic nitrogens is 2. The summed E-state index contributed by atoms with van der Waals surface area (Å²) < 4.78 is 5.58. The van der Waals surface area contributed by atoms with E-state index in [0.29, 0.717) is 10.7 Å². The Hall–Kier alpha value is -0.840. The zero-order valence-corrected chi connectivity index (χ0v) is 12.7. The highest BCUT2D eigenvalue weighted by atomic mass is 79.9. The van der Waals surface area contributed by atoms with Crippen molar-refractivity contribution in [3.63, 3.8) is 0 Å². The number of rotatable bonds is 5. The van der Waals surface area contributed by atoms with Crippen LogP contribution in [0.3, 0.4) is 0 Å². The van der Waals surface area contributed by atoms with Crippen LogP contribution in [0.5, 0.6) is 5.88 Å². The Bertz CT molecular complexity index is 394. The van der Waals surface area contributed by atoms with Gasteiger partial charge in [0.2, 0.25) is 11.8 Å². The summed E-state index contributed by atoms with van der Waals surface area (Å²) in [6.07, 6.45) is 4.38. The SMILES string of the molecule is CC(C)Oc1ccnc(N(C)CC2CC(Br)C2)n1. The average Bonchev–Trinajstić information content (AvgIpc) is 2.26. The number of hydrogen-bond donors (Lipinski definition) is 0. The molecule has 1 saturated carbocycles. The van der Waals surface area contributed by atoms with Gasteiger partial charge in [-0.05, 0) is 32.6 Å². The summed E-state index contributed by atoms with van der Waals surface area (Å²) in [6, 6.07) is 1.80. The van der Waals surface area contributed by atoms with Crippen LogP contribution in [-0.2, 0) is 0 Å². The number of alkyl halides is 1. The van der Waals surface area contributed by atoms with Crippen molar-refractivity contribution in [1.29, 1.82) is 0 Å². The lowest BCUT2D eigenvalue weighted by atomic mass is 9.85. The van der Waals surface area contributed by atoms with Gasteiger partial charge >= 0.3 is 0 Å². The number of anilines is 1. The first-order valence-corrected chi connectivity index (χ1v) is 7.31. The predicted octanol–water partition coefficient (Wildman–Crippen LogP) is 2.87. The van der Waals surface area contributed by atoms with Gasteiger partial charge in [0.1, 0.15) is 0 Å². The molecule has 0 amide bonds. The van der Waals surface area contributed by atoms with E-state index in [1.165, 1.54) is 12.8 Å². The van der Waals surface area contributed by atoms with Crippen LogP contribution in [-0.4, -0.2) is 34.5 Å². The molecule has 0 radical (unpaired) electrons. The molecule has 100 valence electrons. The van der Waals surface area contributed by atoms with Crippen LogP contribution in [0.15, 0.2) is 12.3 Å². The fourth-order valence-electron chi connectivity index (χ4n) is 2.10. The van der Waals surface area contributed by atoms with Crippen LogP contribution in [0.25, 0.3) is 0 Å². The minimum atomic E-state index is 0.138. The van der Waals surface area contributed by atoms with E-state index in [2.05, 4.69) is 30.8 Å². The third-order valence-electron chi connectivity index (χ3n) is 3.03. The topological polar surface area (TPSA) is 38.2 Å². The first kappa shape index (κ1) is 13.6. The molecule has 0 saturated heterocycles.